The number of sulfonamides is 1. The van der Waals surface area contributed by atoms with Crippen molar-refractivity contribution in [3.05, 3.63) is 64.1 Å². The van der Waals surface area contributed by atoms with Gasteiger partial charge in [-0.2, -0.15) is 0 Å². The molecule has 0 aromatic heterocycles. The van der Waals surface area contributed by atoms with Crippen molar-refractivity contribution in [2.24, 2.45) is 5.92 Å². The summed E-state index contributed by atoms with van der Waals surface area (Å²) >= 11 is 12.4. The second kappa shape index (κ2) is 10.00. The van der Waals surface area contributed by atoms with Crippen LogP contribution in [0.1, 0.15) is 18.4 Å². The minimum atomic E-state index is -3.64. The van der Waals surface area contributed by atoms with Crippen molar-refractivity contribution in [3.63, 3.8) is 0 Å². The molecule has 1 unspecified atom stereocenters. The second-order valence-corrected chi connectivity index (χ2v) is 11.1. The van der Waals surface area contributed by atoms with Crippen LogP contribution in [-0.2, 0) is 20.6 Å². The van der Waals surface area contributed by atoms with Crippen molar-refractivity contribution < 1.29 is 13.2 Å². The fraction of sp³-hybridized carbons (Fsp3) is 0.435. The normalized spacial score (nSPS) is 20.4. The first kappa shape index (κ1) is 23.4. The predicted octanol–water partition coefficient (Wildman–Crippen LogP) is 3.88. The van der Waals surface area contributed by atoms with Gasteiger partial charge in [0.1, 0.15) is 0 Å². The Morgan fingerprint density at radius 1 is 0.906 bits per heavy atom. The summed E-state index contributed by atoms with van der Waals surface area (Å²) in [6.45, 7) is 3.46. The molecule has 6 nitrogen and oxygen atoms in total. The Hall–Kier alpha value is -1.80. The summed E-state index contributed by atoms with van der Waals surface area (Å²) in [6.07, 6.45) is 1.37. The molecular formula is C23H27Cl2N3O3S. The molecule has 2 aromatic rings. The van der Waals surface area contributed by atoms with Crippen molar-refractivity contribution in [1.82, 2.24) is 9.21 Å². The maximum Gasteiger partial charge on any atom is 0.227 e. The van der Waals surface area contributed by atoms with Gasteiger partial charge in [0.2, 0.25) is 15.9 Å². The van der Waals surface area contributed by atoms with Crippen LogP contribution >= 0.6 is 23.2 Å². The van der Waals surface area contributed by atoms with Crippen LogP contribution in [0.4, 0.5) is 5.69 Å². The molecule has 2 saturated heterocycles. The number of anilines is 1. The van der Waals surface area contributed by atoms with Crippen LogP contribution in [0, 0.1) is 5.92 Å². The van der Waals surface area contributed by atoms with E-state index in [0.29, 0.717) is 48.1 Å². The summed E-state index contributed by atoms with van der Waals surface area (Å²) in [5, 5.41) is 0.670. The summed E-state index contributed by atoms with van der Waals surface area (Å²) in [6, 6.07) is 15.1. The van der Waals surface area contributed by atoms with Crippen molar-refractivity contribution in [3.8, 4) is 0 Å². The number of carbonyl (C=O) groups excluding carboxylic acids is 1. The fourth-order valence-electron chi connectivity index (χ4n) is 4.42. The molecule has 2 aliphatic heterocycles. The lowest BCUT2D eigenvalue weighted by Gasteiger charge is -2.39. The molecule has 0 saturated carbocycles. The largest absolute Gasteiger partial charge is 0.368 e. The van der Waals surface area contributed by atoms with Crippen molar-refractivity contribution in [1.29, 1.82) is 0 Å². The smallest absolute Gasteiger partial charge is 0.227 e. The molecule has 9 heteroatoms. The molecule has 1 amide bonds. The van der Waals surface area contributed by atoms with E-state index in [2.05, 4.69) is 17.0 Å². The lowest BCUT2D eigenvalue weighted by atomic mass is 9.97. The summed E-state index contributed by atoms with van der Waals surface area (Å²) in [7, 11) is -3.64. The fourth-order valence-corrected chi connectivity index (χ4v) is 6.78. The van der Waals surface area contributed by atoms with Gasteiger partial charge < -0.3 is 9.80 Å². The van der Waals surface area contributed by atoms with Gasteiger partial charge in [-0.15, -0.1) is 0 Å². The van der Waals surface area contributed by atoms with Crippen molar-refractivity contribution in [2.75, 3.05) is 44.2 Å². The van der Waals surface area contributed by atoms with E-state index in [4.69, 9.17) is 23.2 Å². The van der Waals surface area contributed by atoms with Crippen LogP contribution < -0.4 is 4.90 Å². The zero-order valence-corrected chi connectivity index (χ0v) is 20.1. The molecular weight excluding hydrogens is 469 g/mol. The van der Waals surface area contributed by atoms with E-state index in [-0.39, 0.29) is 24.1 Å². The number of piperidine rings is 1. The number of piperazine rings is 1. The van der Waals surface area contributed by atoms with Crippen LogP contribution in [0.15, 0.2) is 48.5 Å². The van der Waals surface area contributed by atoms with E-state index in [1.165, 1.54) is 4.31 Å². The molecule has 0 spiro atoms. The lowest BCUT2D eigenvalue weighted by Crippen LogP contribution is -2.53. The van der Waals surface area contributed by atoms with Gasteiger partial charge in [0, 0.05) is 60.6 Å². The van der Waals surface area contributed by atoms with Gasteiger partial charge in [0.25, 0.3) is 0 Å². The first-order chi connectivity index (χ1) is 15.3. The minimum absolute atomic E-state index is 0.0494. The molecule has 0 bridgehead atoms. The maximum atomic E-state index is 13.2. The topological polar surface area (TPSA) is 60.9 Å². The van der Waals surface area contributed by atoms with E-state index in [9.17, 15) is 13.2 Å². The Balaban J connectivity index is 1.38. The number of rotatable bonds is 5. The molecule has 1 atom stereocenters. The summed E-state index contributed by atoms with van der Waals surface area (Å²) in [5.74, 6) is -0.528. The number of para-hydroxylation sites is 1. The molecule has 2 heterocycles. The average Bonchev–Trinajstić information content (AvgIpc) is 2.82. The first-order valence-corrected chi connectivity index (χ1v) is 13.2. The zero-order chi connectivity index (χ0) is 22.7. The average molecular weight is 496 g/mol. The van der Waals surface area contributed by atoms with E-state index in [1.807, 2.05) is 23.1 Å². The minimum Gasteiger partial charge on any atom is -0.368 e. The highest BCUT2D eigenvalue weighted by Crippen LogP contribution is 2.29. The van der Waals surface area contributed by atoms with Crippen LogP contribution in [0.5, 0.6) is 0 Å². The van der Waals surface area contributed by atoms with Crippen LogP contribution in [0.3, 0.4) is 0 Å². The lowest BCUT2D eigenvalue weighted by molar-refractivity contribution is -0.137. The second-order valence-electron chi connectivity index (χ2n) is 8.30. The summed E-state index contributed by atoms with van der Waals surface area (Å²) < 4.78 is 27.6. The maximum absolute atomic E-state index is 13.2. The van der Waals surface area contributed by atoms with E-state index >= 15 is 0 Å². The Morgan fingerprint density at radius 2 is 1.56 bits per heavy atom. The predicted molar refractivity (Wildman–Crippen MR) is 129 cm³/mol. The molecule has 2 fully saturated rings. The van der Waals surface area contributed by atoms with E-state index < -0.39 is 10.0 Å². The molecule has 0 radical (unpaired) electrons. The highest BCUT2D eigenvalue weighted by Gasteiger charge is 2.35. The number of benzene rings is 2. The van der Waals surface area contributed by atoms with Crippen LogP contribution in [0.2, 0.25) is 10.0 Å². The number of amides is 1. The molecule has 2 aliphatic rings. The van der Waals surface area contributed by atoms with E-state index in [1.54, 1.807) is 18.2 Å². The molecule has 4 rings (SSSR count). The number of hydrogen-bond acceptors (Lipinski definition) is 4. The van der Waals surface area contributed by atoms with Gasteiger partial charge in [-0.3, -0.25) is 4.79 Å². The van der Waals surface area contributed by atoms with Crippen molar-refractivity contribution in [2.45, 2.75) is 18.6 Å². The van der Waals surface area contributed by atoms with Gasteiger partial charge in [0.05, 0.1) is 11.7 Å². The van der Waals surface area contributed by atoms with Gasteiger partial charge >= 0.3 is 0 Å². The number of nitrogens with zero attached hydrogens (tertiary/aromatic N) is 3. The number of carbonyl (C=O) groups is 1. The SMILES string of the molecule is O=C(C1CCCN(S(=O)(=O)Cc2c(Cl)cccc2Cl)C1)N1CCN(c2ccccc2)CC1. The number of halogens is 2. The monoisotopic (exact) mass is 495 g/mol. The molecule has 0 aliphatic carbocycles. The van der Waals surface area contributed by atoms with Crippen molar-refractivity contribution >= 4 is 44.8 Å². The Kier molecular flexibility index (Phi) is 7.30. The van der Waals surface area contributed by atoms with E-state index in [0.717, 1.165) is 18.8 Å². The van der Waals surface area contributed by atoms with Crippen LogP contribution in [-0.4, -0.2) is 62.8 Å². The summed E-state index contributed by atoms with van der Waals surface area (Å²) in [4.78, 5) is 17.3. The molecule has 172 valence electrons. The number of hydrogen-bond donors (Lipinski definition) is 0. The third kappa shape index (κ3) is 5.22. The van der Waals surface area contributed by atoms with Crippen LogP contribution in [0.25, 0.3) is 0 Å². The van der Waals surface area contributed by atoms with Gasteiger partial charge in [-0.25, -0.2) is 12.7 Å². The highest BCUT2D eigenvalue weighted by molar-refractivity contribution is 7.88. The zero-order valence-electron chi connectivity index (χ0n) is 17.8. The third-order valence-electron chi connectivity index (χ3n) is 6.23. The van der Waals surface area contributed by atoms with Gasteiger partial charge in [-0.1, -0.05) is 47.5 Å². The third-order valence-corrected chi connectivity index (χ3v) is 8.71. The van der Waals surface area contributed by atoms with Gasteiger partial charge in [0.15, 0.2) is 0 Å². The first-order valence-electron chi connectivity index (χ1n) is 10.8. The summed E-state index contributed by atoms with van der Waals surface area (Å²) in [5.41, 5.74) is 1.56. The Bertz CT molecular complexity index is 1040. The highest BCUT2D eigenvalue weighted by atomic mass is 35.5. The Labute approximate surface area is 199 Å². The molecule has 2 aromatic carbocycles. The molecule has 32 heavy (non-hydrogen) atoms. The van der Waals surface area contributed by atoms with Gasteiger partial charge in [-0.05, 0) is 37.1 Å². The Morgan fingerprint density at radius 3 is 2.22 bits per heavy atom. The molecule has 0 N–H and O–H groups in total. The quantitative estimate of drug-likeness (QED) is 0.631. The standard InChI is InChI=1S/C23H27Cl2N3O3S/c24-21-9-4-10-22(25)20(21)17-32(30,31)28-11-5-6-18(16-28)23(29)27-14-12-26(13-15-27)19-7-2-1-3-8-19/h1-4,7-10,18H,5-6,11-17H2.